The van der Waals surface area contributed by atoms with Crippen LogP contribution in [0.4, 0.5) is 5.69 Å². The van der Waals surface area contributed by atoms with Crippen molar-refractivity contribution in [2.24, 2.45) is 0 Å². The number of halogens is 1. The molecule has 3 N–H and O–H groups in total. The molecule has 0 saturated heterocycles. The average molecular weight is 469 g/mol. The van der Waals surface area contributed by atoms with E-state index in [9.17, 15) is 14.7 Å². The number of aliphatic hydroxyl groups excluding tert-OH is 1. The summed E-state index contributed by atoms with van der Waals surface area (Å²) in [5.41, 5.74) is 2.06. The Kier molecular flexibility index (Phi) is 7.21. The van der Waals surface area contributed by atoms with Gasteiger partial charge in [-0.2, -0.15) is 0 Å². The molecule has 6 nitrogen and oxygen atoms in total. The molecule has 0 bridgehead atoms. The number of anilines is 1. The number of hydrogen-bond acceptors (Lipinski definition) is 4. The zero-order valence-electron chi connectivity index (χ0n) is 16.3. The summed E-state index contributed by atoms with van der Waals surface area (Å²) in [7, 11) is 1.57. The number of ether oxygens (including phenoxy) is 1. The molecule has 0 spiro atoms. The minimum atomic E-state index is -0.848. The van der Waals surface area contributed by atoms with Gasteiger partial charge in [0.1, 0.15) is 5.75 Å². The highest BCUT2D eigenvalue weighted by Crippen LogP contribution is 2.18. The molecule has 0 aliphatic carbocycles. The van der Waals surface area contributed by atoms with Crippen LogP contribution < -0.4 is 15.4 Å². The lowest BCUT2D eigenvalue weighted by Gasteiger charge is -2.13. The van der Waals surface area contributed by atoms with Gasteiger partial charge in [-0.1, -0.05) is 40.2 Å². The summed E-state index contributed by atoms with van der Waals surface area (Å²) < 4.78 is 5.90. The lowest BCUT2D eigenvalue weighted by atomic mass is 10.1. The lowest BCUT2D eigenvalue weighted by molar-refractivity contribution is 0.0915. The van der Waals surface area contributed by atoms with Crippen LogP contribution in [0.5, 0.6) is 5.75 Å². The number of hydrogen-bond donors (Lipinski definition) is 3. The van der Waals surface area contributed by atoms with E-state index in [0.29, 0.717) is 28.1 Å². The van der Waals surface area contributed by atoms with Crippen molar-refractivity contribution in [3.63, 3.8) is 0 Å². The van der Waals surface area contributed by atoms with E-state index in [2.05, 4.69) is 26.6 Å². The van der Waals surface area contributed by atoms with Crippen LogP contribution in [-0.4, -0.2) is 30.6 Å². The summed E-state index contributed by atoms with van der Waals surface area (Å²) in [6.45, 7) is 0.0553. The Labute approximate surface area is 183 Å². The minimum absolute atomic E-state index is 0.0553. The van der Waals surface area contributed by atoms with E-state index >= 15 is 0 Å². The minimum Gasteiger partial charge on any atom is -0.497 e. The van der Waals surface area contributed by atoms with Crippen LogP contribution in [0.2, 0.25) is 0 Å². The summed E-state index contributed by atoms with van der Waals surface area (Å²) in [5.74, 6) is 0.0709. The van der Waals surface area contributed by atoms with Crippen molar-refractivity contribution in [3.8, 4) is 5.75 Å². The van der Waals surface area contributed by atoms with E-state index < -0.39 is 6.10 Å². The average Bonchev–Trinajstić information content (AvgIpc) is 2.77. The molecule has 2 amide bonds. The first-order valence-electron chi connectivity index (χ1n) is 9.23. The first-order chi connectivity index (χ1) is 14.5. The third kappa shape index (κ3) is 5.68. The third-order valence-electron chi connectivity index (χ3n) is 4.43. The Morgan fingerprint density at radius 1 is 0.967 bits per heavy atom. The summed E-state index contributed by atoms with van der Waals surface area (Å²) in [5, 5.41) is 15.8. The van der Waals surface area contributed by atoms with E-state index in [4.69, 9.17) is 4.74 Å². The number of nitrogens with one attached hydrogen (secondary N) is 2. The Balaban J connectivity index is 1.60. The summed E-state index contributed by atoms with van der Waals surface area (Å²) >= 11 is 3.34. The second kappa shape index (κ2) is 10.0. The number of benzene rings is 3. The van der Waals surface area contributed by atoms with Gasteiger partial charge in [-0.05, 0) is 54.1 Å². The fourth-order valence-corrected chi connectivity index (χ4v) is 3.21. The predicted molar refractivity (Wildman–Crippen MR) is 119 cm³/mol. The van der Waals surface area contributed by atoms with Crippen molar-refractivity contribution in [1.82, 2.24) is 5.32 Å². The van der Waals surface area contributed by atoms with Gasteiger partial charge in [0.05, 0.1) is 13.2 Å². The zero-order chi connectivity index (χ0) is 21.5. The Bertz CT molecular complexity index is 1040. The topological polar surface area (TPSA) is 87.7 Å². The molecule has 154 valence electrons. The van der Waals surface area contributed by atoms with Gasteiger partial charge >= 0.3 is 0 Å². The normalized spacial score (nSPS) is 11.4. The fraction of sp³-hybridized carbons (Fsp3) is 0.130. The van der Waals surface area contributed by atoms with Gasteiger partial charge in [0.15, 0.2) is 0 Å². The molecule has 0 aromatic heterocycles. The Morgan fingerprint density at radius 3 is 2.30 bits per heavy atom. The van der Waals surface area contributed by atoms with E-state index in [1.165, 1.54) is 0 Å². The number of carbonyl (C=O) groups is 2. The van der Waals surface area contributed by atoms with E-state index in [1.54, 1.807) is 73.8 Å². The molecule has 1 unspecified atom stereocenters. The molecule has 0 saturated carbocycles. The fourth-order valence-electron chi connectivity index (χ4n) is 2.81. The largest absolute Gasteiger partial charge is 0.497 e. The summed E-state index contributed by atoms with van der Waals surface area (Å²) in [6, 6.07) is 20.6. The number of carbonyl (C=O) groups excluding carboxylic acids is 2. The van der Waals surface area contributed by atoms with Gasteiger partial charge in [-0.15, -0.1) is 0 Å². The first kappa shape index (κ1) is 21.5. The molecule has 3 rings (SSSR count). The van der Waals surface area contributed by atoms with Crippen molar-refractivity contribution in [1.29, 1.82) is 0 Å². The Morgan fingerprint density at radius 2 is 1.63 bits per heavy atom. The molecule has 0 fully saturated rings. The first-order valence-corrected chi connectivity index (χ1v) is 10.0. The molecule has 3 aromatic carbocycles. The number of aliphatic hydroxyl groups is 1. The summed E-state index contributed by atoms with van der Waals surface area (Å²) in [4.78, 5) is 24.9. The molecule has 0 radical (unpaired) electrons. The maximum absolute atomic E-state index is 12.5. The van der Waals surface area contributed by atoms with Crippen molar-refractivity contribution in [3.05, 3.63) is 94.0 Å². The van der Waals surface area contributed by atoms with Crippen LogP contribution in [0.3, 0.4) is 0 Å². The Hall–Kier alpha value is -3.16. The monoisotopic (exact) mass is 468 g/mol. The van der Waals surface area contributed by atoms with Crippen LogP contribution in [0.15, 0.2) is 77.3 Å². The molecule has 1 atom stereocenters. The van der Waals surface area contributed by atoms with Gasteiger partial charge in [-0.25, -0.2) is 0 Å². The number of amides is 2. The standard InChI is InChI=1S/C23H21BrN2O4/c1-30-20-10-8-15(9-11-20)21(27)14-25-22(28)17-5-3-7-19(13-17)26-23(29)16-4-2-6-18(24)12-16/h2-13,21,27H,14H2,1H3,(H,25,28)(H,26,29). The van der Waals surface area contributed by atoms with Crippen molar-refractivity contribution >= 4 is 33.4 Å². The van der Waals surface area contributed by atoms with Gasteiger partial charge in [0.2, 0.25) is 0 Å². The maximum Gasteiger partial charge on any atom is 0.255 e. The van der Waals surface area contributed by atoms with Gasteiger partial charge in [0.25, 0.3) is 11.8 Å². The predicted octanol–water partition coefficient (Wildman–Crippen LogP) is 4.17. The molecule has 0 aliphatic heterocycles. The van der Waals surface area contributed by atoms with Crippen LogP contribution in [-0.2, 0) is 0 Å². The lowest BCUT2D eigenvalue weighted by Crippen LogP contribution is -2.28. The zero-order valence-corrected chi connectivity index (χ0v) is 17.8. The van der Waals surface area contributed by atoms with Crippen molar-refractivity contribution in [2.75, 3.05) is 19.0 Å². The molecule has 30 heavy (non-hydrogen) atoms. The molecular formula is C23H21BrN2O4. The quantitative estimate of drug-likeness (QED) is 0.485. The number of methoxy groups -OCH3 is 1. The highest BCUT2D eigenvalue weighted by atomic mass is 79.9. The SMILES string of the molecule is COc1ccc(C(O)CNC(=O)c2cccc(NC(=O)c3cccc(Br)c3)c2)cc1. The molecular weight excluding hydrogens is 448 g/mol. The molecule has 3 aromatic rings. The van der Waals surface area contributed by atoms with Crippen LogP contribution in [0.1, 0.15) is 32.4 Å². The van der Waals surface area contributed by atoms with E-state index in [0.717, 1.165) is 4.47 Å². The second-order valence-corrected chi connectivity index (χ2v) is 7.46. The van der Waals surface area contributed by atoms with Gasteiger partial charge in [-0.3, -0.25) is 9.59 Å². The highest BCUT2D eigenvalue weighted by Gasteiger charge is 2.13. The second-order valence-electron chi connectivity index (χ2n) is 6.54. The van der Waals surface area contributed by atoms with E-state index in [-0.39, 0.29) is 18.4 Å². The van der Waals surface area contributed by atoms with Gasteiger partial charge in [0, 0.05) is 27.8 Å². The molecule has 7 heteroatoms. The third-order valence-corrected chi connectivity index (χ3v) is 4.92. The summed E-state index contributed by atoms with van der Waals surface area (Å²) in [6.07, 6.45) is -0.848. The molecule has 0 aliphatic rings. The molecule has 0 heterocycles. The highest BCUT2D eigenvalue weighted by molar-refractivity contribution is 9.10. The van der Waals surface area contributed by atoms with Gasteiger partial charge < -0.3 is 20.5 Å². The maximum atomic E-state index is 12.5. The van der Waals surface area contributed by atoms with Crippen LogP contribution in [0, 0.1) is 0 Å². The van der Waals surface area contributed by atoms with Crippen LogP contribution >= 0.6 is 15.9 Å². The van der Waals surface area contributed by atoms with Crippen molar-refractivity contribution in [2.45, 2.75) is 6.10 Å². The van der Waals surface area contributed by atoms with E-state index in [1.807, 2.05) is 6.07 Å². The van der Waals surface area contributed by atoms with Crippen LogP contribution in [0.25, 0.3) is 0 Å². The smallest absolute Gasteiger partial charge is 0.255 e. The van der Waals surface area contributed by atoms with Crippen molar-refractivity contribution < 1.29 is 19.4 Å². The number of rotatable bonds is 7.